The van der Waals surface area contributed by atoms with Crippen molar-refractivity contribution < 1.29 is 23.0 Å². The Labute approximate surface area is 207 Å². The van der Waals surface area contributed by atoms with Crippen LogP contribution in [0.1, 0.15) is 41.8 Å². The number of carbonyl (C=O) groups excluding carboxylic acids is 1. The standard InChI is InChI=1S/C24H23BrF2N2O4S/c25-20-15-9-10-18(30)29(21-16(26)6-3-7-17(21)27)24(15)34-22(20)23(31)28-11-4-5-14(28)13-33-19-8-1-2-12-32-19/h3,6-7,9-10,14,19H,1-2,4-5,8,11-13H2/t14-,19?/m0/s1. The van der Waals surface area contributed by atoms with E-state index in [1.165, 1.54) is 12.1 Å². The van der Waals surface area contributed by atoms with E-state index < -0.39 is 22.9 Å². The highest BCUT2D eigenvalue weighted by Crippen LogP contribution is 2.38. The second-order valence-corrected chi connectivity index (χ2v) is 10.3. The van der Waals surface area contributed by atoms with Crippen LogP contribution in [-0.2, 0) is 9.47 Å². The van der Waals surface area contributed by atoms with E-state index in [-0.39, 0.29) is 18.2 Å². The van der Waals surface area contributed by atoms with Crippen molar-refractivity contribution in [1.29, 1.82) is 0 Å². The number of carbonyl (C=O) groups is 1. The highest BCUT2D eigenvalue weighted by molar-refractivity contribution is 9.10. The molecule has 6 nitrogen and oxygen atoms in total. The van der Waals surface area contributed by atoms with E-state index in [0.717, 1.165) is 60.1 Å². The molecule has 0 spiro atoms. The summed E-state index contributed by atoms with van der Waals surface area (Å²) in [5, 5.41) is 0.540. The van der Waals surface area contributed by atoms with Gasteiger partial charge < -0.3 is 14.4 Å². The number of pyridine rings is 1. The minimum absolute atomic E-state index is 0.0821. The molecule has 180 valence electrons. The number of fused-ring (bicyclic) bond motifs is 1. The second kappa shape index (κ2) is 9.85. The Kier molecular flexibility index (Phi) is 6.83. The molecule has 10 heteroatoms. The molecule has 0 bridgehead atoms. The average molecular weight is 553 g/mol. The molecule has 2 aliphatic rings. The lowest BCUT2D eigenvalue weighted by Gasteiger charge is -2.28. The van der Waals surface area contributed by atoms with Crippen LogP contribution in [-0.4, -0.2) is 47.5 Å². The van der Waals surface area contributed by atoms with Gasteiger partial charge in [-0.25, -0.2) is 8.78 Å². The van der Waals surface area contributed by atoms with E-state index in [0.29, 0.717) is 39.3 Å². The molecule has 1 unspecified atom stereocenters. The molecule has 3 aromatic rings. The summed E-state index contributed by atoms with van der Waals surface area (Å²) >= 11 is 4.54. The first-order valence-corrected chi connectivity index (χ1v) is 12.9. The first-order valence-electron chi connectivity index (χ1n) is 11.3. The molecule has 0 aliphatic carbocycles. The Hall–Kier alpha value is -2.14. The van der Waals surface area contributed by atoms with Crippen LogP contribution >= 0.6 is 27.3 Å². The Bertz CT molecular complexity index is 1270. The predicted octanol–water partition coefficient (Wildman–Crippen LogP) is 5.24. The van der Waals surface area contributed by atoms with Crippen molar-refractivity contribution in [3.63, 3.8) is 0 Å². The van der Waals surface area contributed by atoms with Gasteiger partial charge in [0.2, 0.25) is 0 Å². The van der Waals surface area contributed by atoms with Crippen molar-refractivity contribution in [1.82, 2.24) is 9.47 Å². The third-order valence-corrected chi connectivity index (χ3v) is 8.55. The Morgan fingerprint density at radius 1 is 1.15 bits per heavy atom. The summed E-state index contributed by atoms with van der Waals surface area (Å²) in [7, 11) is 0. The fourth-order valence-electron chi connectivity index (χ4n) is 4.57. The van der Waals surface area contributed by atoms with E-state index in [1.807, 2.05) is 0 Å². The molecule has 2 aliphatic heterocycles. The summed E-state index contributed by atoms with van der Waals surface area (Å²) < 4.78 is 42.2. The van der Waals surface area contributed by atoms with Gasteiger partial charge in [0.1, 0.15) is 27.0 Å². The SMILES string of the molecule is O=C(c1sc2c(ccc(=O)n2-c2c(F)cccc2F)c1Br)N1CCC[C@H]1COC1CCCCO1. The lowest BCUT2D eigenvalue weighted by molar-refractivity contribution is -0.168. The summed E-state index contributed by atoms with van der Waals surface area (Å²) in [5.41, 5.74) is -1.03. The molecule has 2 fully saturated rings. The molecular formula is C24H23BrF2N2O4S. The van der Waals surface area contributed by atoms with Gasteiger partial charge in [0.15, 0.2) is 6.29 Å². The zero-order valence-corrected chi connectivity index (χ0v) is 20.7. The number of hydrogen-bond donors (Lipinski definition) is 0. The summed E-state index contributed by atoms with van der Waals surface area (Å²) in [6, 6.07) is 6.17. The normalized spacial score (nSPS) is 20.9. The van der Waals surface area contributed by atoms with Crippen molar-refractivity contribution >= 4 is 43.4 Å². The zero-order chi connectivity index (χ0) is 23.8. The largest absolute Gasteiger partial charge is 0.353 e. The average Bonchev–Trinajstić information content (AvgIpc) is 3.44. The van der Waals surface area contributed by atoms with Gasteiger partial charge in [-0.05, 0) is 66.2 Å². The maximum Gasteiger partial charge on any atom is 0.265 e. The molecule has 2 saturated heterocycles. The first kappa shape index (κ1) is 23.6. The zero-order valence-electron chi connectivity index (χ0n) is 18.3. The number of ether oxygens (including phenoxy) is 2. The van der Waals surface area contributed by atoms with Gasteiger partial charge >= 0.3 is 0 Å². The minimum atomic E-state index is -0.853. The molecule has 5 rings (SSSR count). The predicted molar refractivity (Wildman–Crippen MR) is 129 cm³/mol. The Morgan fingerprint density at radius 2 is 1.94 bits per heavy atom. The van der Waals surface area contributed by atoms with Crippen LogP contribution in [0.25, 0.3) is 15.9 Å². The summed E-state index contributed by atoms with van der Waals surface area (Å²) in [6.45, 7) is 1.68. The fourth-order valence-corrected chi connectivity index (χ4v) is 6.59. The molecule has 0 radical (unpaired) electrons. The lowest BCUT2D eigenvalue weighted by Crippen LogP contribution is -2.39. The van der Waals surface area contributed by atoms with Crippen LogP contribution in [0.2, 0.25) is 0 Å². The first-order chi connectivity index (χ1) is 16.5. The van der Waals surface area contributed by atoms with E-state index in [1.54, 1.807) is 11.0 Å². The molecular weight excluding hydrogens is 530 g/mol. The van der Waals surface area contributed by atoms with Gasteiger partial charge in [-0.3, -0.25) is 14.2 Å². The van der Waals surface area contributed by atoms with Gasteiger partial charge in [0, 0.05) is 24.6 Å². The van der Waals surface area contributed by atoms with Gasteiger partial charge in [-0.1, -0.05) is 6.07 Å². The topological polar surface area (TPSA) is 60.8 Å². The third-order valence-electron chi connectivity index (χ3n) is 6.29. The van der Waals surface area contributed by atoms with Crippen LogP contribution in [0.15, 0.2) is 39.6 Å². The third kappa shape index (κ3) is 4.32. The quantitative estimate of drug-likeness (QED) is 0.434. The highest BCUT2D eigenvalue weighted by atomic mass is 79.9. The summed E-state index contributed by atoms with van der Waals surface area (Å²) in [5.74, 6) is -1.90. The number of para-hydroxylation sites is 1. The number of aromatic nitrogens is 1. The summed E-state index contributed by atoms with van der Waals surface area (Å²) in [4.78, 5) is 28.7. The number of amides is 1. The summed E-state index contributed by atoms with van der Waals surface area (Å²) in [6.07, 6.45) is 4.41. The minimum Gasteiger partial charge on any atom is -0.353 e. The van der Waals surface area contributed by atoms with Crippen molar-refractivity contribution in [2.24, 2.45) is 0 Å². The Balaban J connectivity index is 1.47. The smallest absolute Gasteiger partial charge is 0.265 e. The maximum atomic E-state index is 14.5. The molecule has 0 saturated carbocycles. The van der Waals surface area contributed by atoms with Crippen molar-refractivity contribution in [3.8, 4) is 5.69 Å². The van der Waals surface area contributed by atoms with Crippen LogP contribution in [0.5, 0.6) is 0 Å². The number of likely N-dealkylation sites (tertiary alicyclic amines) is 1. The molecule has 2 atom stereocenters. The van der Waals surface area contributed by atoms with Crippen LogP contribution in [0, 0.1) is 11.6 Å². The van der Waals surface area contributed by atoms with Gasteiger partial charge in [0.25, 0.3) is 11.5 Å². The van der Waals surface area contributed by atoms with Gasteiger partial charge in [-0.15, -0.1) is 11.3 Å². The molecule has 2 aromatic heterocycles. The van der Waals surface area contributed by atoms with Crippen LogP contribution in [0.3, 0.4) is 0 Å². The second-order valence-electron chi connectivity index (χ2n) is 8.47. The lowest BCUT2D eigenvalue weighted by atomic mass is 10.2. The van der Waals surface area contributed by atoms with E-state index >= 15 is 0 Å². The fraction of sp³-hybridized carbons (Fsp3) is 0.417. The Morgan fingerprint density at radius 3 is 2.68 bits per heavy atom. The molecule has 1 amide bonds. The number of halogens is 3. The van der Waals surface area contributed by atoms with E-state index in [9.17, 15) is 18.4 Å². The van der Waals surface area contributed by atoms with Crippen molar-refractivity contribution in [2.75, 3.05) is 19.8 Å². The number of thiophene rings is 1. The van der Waals surface area contributed by atoms with E-state index in [2.05, 4.69) is 15.9 Å². The molecule has 4 heterocycles. The van der Waals surface area contributed by atoms with E-state index in [4.69, 9.17) is 9.47 Å². The van der Waals surface area contributed by atoms with Crippen molar-refractivity contribution in [2.45, 2.75) is 44.4 Å². The van der Waals surface area contributed by atoms with Crippen LogP contribution in [0.4, 0.5) is 8.78 Å². The number of benzene rings is 1. The number of nitrogens with zero attached hydrogens (tertiary/aromatic N) is 2. The molecule has 34 heavy (non-hydrogen) atoms. The number of rotatable bonds is 5. The molecule has 0 N–H and O–H groups in total. The van der Waals surface area contributed by atoms with Crippen LogP contribution < -0.4 is 5.56 Å². The monoisotopic (exact) mass is 552 g/mol. The van der Waals surface area contributed by atoms with Gasteiger partial charge in [-0.2, -0.15) is 0 Å². The van der Waals surface area contributed by atoms with Crippen molar-refractivity contribution in [3.05, 3.63) is 61.7 Å². The number of hydrogen-bond acceptors (Lipinski definition) is 5. The highest BCUT2D eigenvalue weighted by Gasteiger charge is 2.33. The molecule has 1 aromatic carbocycles. The van der Waals surface area contributed by atoms with Gasteiger partial charge in [0.05, 0.1) is 17.1 Å². The maximum absolute atomic E-state index is 14.5.